The van der Waals surface area contributed by atoms with Crippen LogP contribution in [0.3, 0.4) is 0 Å². The molecule has 0 spiro atoms. The minimum absolute atomic E-state index is 0.0473. The molecule has 2 aliphatic rings. The molecule has 2 aliphatic heterocycles. The van der Waals surface area contributed by atoms with E-state index in [4.69, 9.17) is 4.74 Å². The number of nitrogens with zero attached hydrogens (tertiary/aromatic N) is 2. The maximum absolute atomic E-state index is 13.1. The smallest absolute Gasteiger partial charge is 0.227 e. The number of benzene rings is 1. The van der Waals surface area contributed by atoms with Gasteiger partial charge >= 0.3 is 0 Å². The number of aliphatic hydroxyl groups is 1. The van der Waals surface area contributed by atoms with E-state index in [9.17, 15) is 19.1 Å². The third-order valence-corrected chi connectivity index (χ3v) is 5.70. The summed E-state index contributed by atoms with van der Waals surface area (Å²) < 4.78 is 18.2. The highest BCUT2D eigenvalue weighted by atomic mass is 19.1. The van der Waals surface area contributed by atoms with Gasteiger partial charge in [0.2, 0.25) is 11.8 Å². The maximum Gasteiger partial charge on any atom is 0.227 e. The molecular weight excluding hydrogens is 351 g/mol. The van der Waals surface area contributed by atoms with Gasteiger partial charge in [-0.1, -0.05) is 12.1 Å². The largest absolute Gasteiger partial charge is 0.385 e. The first-order valence-electron chi connectivity index (χ1n) is 9.47. The normalized spacial score (nSPS) is 22.8. The van der Waals surface area contributed by atoms with E-state index in [1.807, 2.05) is 0 Å². The lowest BCUT2D eigenvalue weighted by Crippen LogP contribution is -2.51. The van der Waals surface area contributed by atoms with Gasteiger partial charge in [-0.15, -0.1) is 0 Å². The Balaban J connectivity index is 1.58. The van der Waals surface area contributed by atoms with E-state index in [0.29, 0.717) is 64.0 Å². The summed E-state index contributed by atoms with van der Waals surface area (Å²) >= 11 is 0. The van der Waals surface area contributed by atoms with Crippen molar-refractivity contribution in [2.45, 2.75) is 31.3 Å². The van der Waals surface area contributed by atoms with Gasteiger partial charge < -0.3 is 19.6 Å². The minimum Gasteiger partial charge on any atom is -0.385 e. The van der Waals surface area contributed by atoms with E-state index in [2.05, 4.69) is 0 Å². The van der Waals surface area contributed by atoms with Gasteiger partial charge in [-0.2, -0.15) is 0 Å². The standard InChI is InChI=1S/C20H27FN2O4/c1-27-13-12-23-14-15(2-7-18(23)24)19(25)22-10-8-20(26,9-11-22)16-3-5-17(21)6-4-16/h3-6,15,26H,2,7-14H2,1H3/t15-/m0/s1. The van der Waals surface area contributed by atoms with Crippen LogP contribution < -0.4 is 0 Å². The maximum atomic E-state index is 13.1. The molecule has 0 aliphatic carbocycles. The first-order chi connectivity index (χ1) is 12.9. The number of carbonyl (C=O) groups is 2. The highest BCUT2D eigenvalue weighted by Gasteiger charge is 2.38. The lowest BCUT2D eigenvalue weighted by atomic mass is 9.84. The molecule has 0 saturated carbocycles. The summed E-state index contributed by atoms with van der Waals surface area (Å²) in [6, 6.07) is 5.90. The van der Waals surface area contributed by atoms with Gasteiger partial charge in [0, 0.05) is 39.7 Å². The molecular formula is C20H27FN2O4. The average molecular weight is 378 g/mol. The molecule has 1 aromatic carbocycles. The zero-order chi connectivity index (χ0) is 19.4. The van der Waals surface area contributed by atoms with E-state index in [1.54, 1.807) is 29.0 Å². The third kappa shape index (κ3) is 4.47. The number of carbonyl (C=O) groups excluding carboxylic acids is 2. The summed E-state index contributed by atoms with van der Waals surface area (Å²) in [5.74, 6) is -0.414. The molecule has 1 atom stereocenters. The zero-order valence-corrected chi connectivity index (χ0v) is 15.7. The van der Waals surface area contributed by atoms with Crippen molar-refractivity contribution < 1.29 is 23.8 Å². The molecule has 0 bridgehead atoms. The van der Waals surface area contributed by atoms with E-state index in [0.717, 1.165) is 0 Å². The number of amides is 2. The van der Waals surface area contributed by atoms with E-state index < -0.39 is 5.60 Å². The minimum atomic E-state index is -1.03. The summed E-state index contributed by atoms with van der Waals surface area (Å²) in [6.07, 6.45) is 1.79. The number of ether oxygens (including phenoxy) is 1. The fourth-order valence-electron chi connectivity index (χ4n) is 3.94. The first kappa shape index (κ1) is 19.8. The van der Waals surface area contributed by atoms with Gasteiger partial charge in [0.15, 0.2) is 0 Å². The monoisotopic (exact) mass is 378 g/mol. The molecule has 1 N–H and O–H groups in total. The summed E-state index contributed by atoms with van der Waals surface area (Å²) in [7, 11) is 1.59. The molecule has 27 heavy (non-hydrogen) atoms. The molecule has 3 rings (SSSR count). The highest BCUT2D eigenvalue weighted by Crippen LogP contribution is 2.34. The van der Waals surface area contributed by atoms with Crippen LogP contribution >= 0.6 is 0 Å². The molecule has 2 heterocycles. The summed E-state index contributed by atoms with van der Waals surface area (Å²) in [4.78, 5) is 28.4. The zero-order valence-electron chi connectivity index (χ0n) is 15.7. The first-order valence-corrected chi connectivity index (χ1v) is 9.47. The van der Waals surface area contributed by atoms with Crippen LogP contribution in [-0.2, 0) is 19.9 Å². The summed E-state index contributed by atoms with van der Waals surface area (Å²) in [6.45, 7) is 2.30. The van der Waals surface area contributed by atoms with Gasteiger partial charge in [-0.05, 0) is 37.0 Å². The Kier molecular flexibility index (Phi) is 6.11. The van der Waals surface area contributed by atoms with Crippen LogP contribution in [0, 0.1) is 11.7 Å². The number of hydrogen-bond donors (Lipinski definition) is 1. The molecule has 0 radical (unpaired) electrons. The van der Waals surface area contributed by atoms with Crippen molar-refractivity contribution in [2.24, 2.45) is 5.92 Å². The quantitative estimate of drug-likeness (QED) is 0.844. The Morgan fingerprint density at radius 1 is 1.30 bits per heavy atom. The Hall–Kier alpha value is -1.99. The predicted molar refractivity (Wildman–Crippen MR) is 97.3 cm³/mol. The molecule has 2 fully saturated rings. The lowest BCUT2D eigenvalue weighted by Gasteiger charge is -2.41. The average Bonchev–Trinajstić information content (AvgIpc) is 2.68. The van der Waals surface area contributed by atoms with Gasteiger partial charge in [0.25, 0.3) is 0 Å². The second-order valence-corrected chi connectivity index (χ2v) is 7.43. The molecule has 2 amide bonds. The SMILES string of the molecule is COCCN1C[C@@H](C(=O)N2CCC(O)(c3ccc(F)cc3)CC2)CCC1=O. The van der Waals surface area contributed by atoms with E-state index >= 15 is 0 Å². The van der Waals surface area contributed by atoms with Gasteiger partial charge in [-0.25, -0.2) is 4.39 Å². The van der Waals surface area contributed by atoms with Crippen molar-refractivity contribution in [3.63, 3.8) is 0 Å². The van der Waals surface area contributed by atoms with Crippen molar-refractivity contribution in [3.8, 4) is 0 Å². The number of methoxy groups -OCH3 is 1. The van der Waals surface area contributed by atoms with Gasteiger partial charge in [0.05, 0.1) is 18.1 Å². The third-order valence-electron chi connectivity index (χ3n) is 5.70. The molecule has 0 unspecified atom stereocenters. The van der Waals surface area contributed by atoms with Crippen molar-refractivity contribution in [1.82, 2.24) is 9.80 Å². The topological polar surface area (TPSA) is 70.1 Å². The van der Waals surface area contributed by atoms with Crippen molar-refractivity contribution in [1.29, 1.82) is 0 Å². The van der Waals surface area contributed by atoms with Crippen molar-refractivity contribution in [3.05, 3.63) is 35.6 Å². The molecule has 7 heteroatoms. The second-order valence-electron chi connectivity index (χ2n) is 7.43. The number of rotatable bonds is 5. The Bertz CT molecular complexity index is 671. The fourth-order valence-corrected chi connectivity index (χ4v) is 3.94. The predicted octanol–water partition coefficient (Wildman–Crippen LogP) is 1.52. The van der Waals surface area contributed by atoms with E-state index in [-0.39, 0.29) is 23.5 Å². The molecule has 0 aromatic heterocycles. The van der Waals surface area contributed by atoms with Crippen LogP contribution in [-0.4, -0.2) is 66.6 Å². The van der Waals surface area contributed by atoms with Crippen LogP contribution in [0.1, 0.15) is 31.2 Å². The molecule has 1 aromatic rings. The van der Waals surface area contributed by atoms with Crippen molar-refractivity contribution >= 4 is 11.8 Å². The van der Waals surface area contributed by atoms with Crippen LogP contribution in [0.2, 0.25) is 0 Å². The van der Waals surface area contributed by atoms with Crippen molar-refractivity contribution in [2.75, 3.05) is 39.9 Å². The number of hydrogen-bond acceptors (Lipinski definition) is 4. The van der Waals surface area contributed by atoms with Gasteiger partial charge in [-0.3, -0.25) is 9.59 Å². The Labute approximate surface area is 158 Å². The number of likely N-dealkylation sites (tertiary alicyclic amines) is 2. The fraction of sp³-hybridized carbons (Fsp3) is 0.600. The van der Waals surface area contributed by atoms with Crippen LogP contribution in [0.4, 0.5) is 4.39 Å². The Morgan fingerprint density at radius 2 is 1.96 bits per heavy atom. The van der Waals surface area contributed by atoms with Crippen LogP contribution in [0.15, 0.2) is 24.3 Å². The second kappa shape index (κ2) is 8.35. The number of piperidine rings is 2. The number of halogens is 1. The summed E-state index contributed by atoms with van der Waals surface area (Å²) in [5.41, 5.74) is -0.345. The lowest BCUT2D eigenvalue weighted by molar-refractivity contribution is -0.146. The molecule has 148 valence electrons. The van der Waals surface area contributed by atoms with Crippen LogP contribution in [0.5, 0.6) is 0 Å². The summed E-state index contributed by atoms with van der Waals surface area (Å²) in [5, 5.41) is 10.9. The van der Waals surface area contributed by atoms with Gasteiger partial charge in [0.1, 0.15) is 5.82 Å². The molecule has 6 nitrogen and oxygen atoms in total. The van der Waals surface area contributed by atoms with E-state index in [1.165, 1.54) is 12.1 Å². The van der Waals surface area contributed by atoms with Crippen LogP contribution in [0.25, 0.3) is 0 Å². The highest BCUT2D eigenvalue weighted by molar-refractivity contribution is 5.84. The molecule has 2 saturated heterocycles. The Morgan fingerprint density at radius 3 is 2.59 bits per heavy atom.